The van der Waals surface area contributed by atoms with E-state index in [-0.39, 0.29) is 5.54 Å². The van der Waals surface area contributed by atoms with Crippen LogP contribution in [0.15, 0.2) is 42.7 Å². The predicted molar refractivity (Wildman–Crippen MR) is 112 cm³/mol. The zero-order valence-electron chi connectivity index (χ0n) is 16.3. The molecule has 1 aromatic carbocycles. The first-order valence-corrected chi connectivity index (χ1v) is 9.56. The molecule has 2 heterocycles. The summed E-state index contributed by atoms with van der Waals surface area (Å²) in [6, 6.07) is 9.77. The molecule has 3 aromatic rings. The van der Waals surface area contributed by atoms with Crippen LogP contribution in [-0.4, -0.2) is 22.1 Å². The number of halogens is 1. The summed E-state index contributed by atoms with van der Waals surface area (Å²) in [7, 11) is 0. The Hall–Kier alpha value is -2.17. The van der Waals surface area contributed by atoms with Gasteiger partial charge in [0.1, 0.15) is 12.4 Å². The number of nitrogens with zero attached hydrogens (tertiary/aromatic N) is 2. The van der Waals surface area contributed by atoms with E-state index >= 15 is 0 Å². The summed E-state index contributed by atoms with van der Waals surface area (Å²) in [6.07, 6.45) is 4.44. The second-order valence-electron chi connectivity index (χ2n) is 7.87. The minimum Gasteiger partial charge on any atom is -0.490 e. The number of nitrogens with two attached hydrogens (primary N) is 1. The van der Waals surface area contributed by atoms with Crippen LogP contribution in [0.5, 0.6) is 5.75 Å². The van der Waals surface area contributed by atoms with E-state index in [2.05, 4.69) is 23.8 Å². The van der Waals surface area contributed by atoms with E-state index in [1.165, 1.54) is 0 Å². The zero-order valence-corrected chi connectivity index (χ0v) is 17.0. The van der Waals surface area contributed by atoms with Crippen molar-refractivity contribution in [3.8, 4) is 17.0 Å². The lowest BCUT2D eigenvalue weighted by Crippen LogP contribution is -2.43. The predicted octanol–water partition coefficient (Wildman–Crippen LogP) is 5.40. The molecule has 2 aromatic heterocycles. The van der Waals surface area contributed by atoms with Gasteiger partial charge in [-0.25, -0.2) is 0 Å². The highest BCUT2D eigenvalue weighted by Gasteiger charge is 2.21. The molecule has 0 spiro atoms. The first kappa shape index (κ1) is 19.6. The molecule has 2 N–H and O–H groups in total. The fraction of sp³-hybridized carbons (Fsp3) is 0.364. The fourth-order valence-corrected chi connectivity index (χ4v) is 3.66. The molecule has 27 heavy (non-hydrogen) atoms. The van der Waals surface area contributed by atoms with Crippen LogP contribution in [0.1, 0.15) is 32.8 Å². The van der Waals surface area contributed by atoms with E-state index in [9.17, 15) is 0 Å². The fourth-order valence-electron chi connectivity index (χ4n) is 3.44. The van der Waals surface area contributed by atoms with Gasteiger partial charge in [-0.15, -0.1) is 0 Å². The maximum absolute atomic E-state index is 6.35. The van der Waals surface area contributed by atoms with Crippen LogP contribution in [-0.2, 0) is 0 Å². The third-order valence-corrected chi connectivity index (χ3v) is 4.80. The monoisotopic (exact) mass is 383 g/mol. The molecule has 142 valence electrons. The Kier molecular flexibility index (Phi) is 5.68. The van der Waals surface area contributed by atoms with Gasteiger partial charge in [0.25, 0.3) is 0 Å². The Labute approximate surface area is 165 Å². The van der Waals surface area contributed by atoms with Crippen LogP contribution in [0.2, 0.25) is 5.02 Å². The van der Waals surface area contributed by atoms with Crippen LogP contribution in [0.3, 0.4) is 0 Å². The zero-order chi connectivity index (χ0) is 19.6. The van der Waals surface area contributed by atoms with Crippen molar-refractivity contribution < 1.29 is 4.74 Å². The van der Waals surface area contributed by atoms with Crippen molar-refractivity contribution in [2.24, 2.45) is 11.7 Å². The first-order chi connectivity index (χ1) is 12.8. The van der Waals surface area contributed by atoms with Crippen molar-refractivity contribution in [1.29, 1.82) is 0 Å². The Morgan fingerprint density at radius 3 is 2.70 bits per heavy atom. The van der Waals surface area contributed by atoms with E-state index in [1.807, 2.05) is 44.2 Å². The summed E-state index contributed by atoms with van der Waals surface area (Å²) in [6.45, 7) is 8.83. The van der Waals surface area contributed by atoms with Gasteiger partial charge >= 0.3 is 0 Å². The maximum atomic E-state index is 6.35. The largest absolute Gasteiger partial charge is 0.490 e. The lowest BCUT2D eigenvalue weighted by Gasteiger charge is -2.27. The summed E-state index contributed by atoms with van der Waals surface area (Å²) >= 11 is 6.28. The first-order valence-electron chi connectivity index (χ1n) is 9.19. The SMILES string of the molecule is Cc1cc(-c2ccnc3c(Cl)cccc23)ncc1OC[C@@](C)(N)CC(C)C. The van der Waals surface area contributed by atoms with Gasteiger partial charge in [0.15, 0.2) is 0 Å². The van der Waals surface area contributed by atoms with Crippen LogP contribution in [0.4, 0.5) is 0 Å². The minimum absolute atomic E-state index is 0.364. The summed E-state index contributed by atoms with van der Waals surface area (Å²) in [5.41, 5.74) is 9.65. The third-order valence-electron chi connectivity index (χ3n) is 4.49. The van der Waals surface area contributed by atoms with Crippen molar-refractivity contribution in [3.63, 3.8) is 0 Å². The van der Waals surface area contributed by atoms with Crippen LogP contribution in [0, 0.1) is 12.8 Å². The molecule has 3 rings (SSSR count). The quantitative estimate of drug-likeness (QED) is 0.618. The van der Waals surface area contributed by atoms with E-state index in [1.54, 1.807) is 12.4 Å². The molecule has 0 bridgehead atoms. The Balaban J connectivity index is 1.87. The van der Waals surface area contributed by atoms with Crippen LogP contribution < -0.4 is 10.5 Å². The van der Waals surface area contributed by atoms with Gasteiger partial charge in [-0.05, 0) is 49.9 Å². The van der Waals surface area contributed by atoms with Gasteiger partial charge in [-0.1, -0.05) is 37.6 Å². The number of para-hydroxylation sites is 1. The molecule has 0 aliphatic carbocycles. The summed E-state index contributed by atoms with van der Waals surface area (Å²) < 4.78 is 5.98. The molecule has 1 atom stereocenters. The molecular weight excluding hydrogens is 358 g/mol. The Morgan fingerprint density at radius 2 is 2.00 bits per heavy atom. The molecule has 0 fully saturated rings. The second kappa shape index (κ2) is 7.83. The highest BCUT2D eigenvalue weighted by molar-refractivity contribution is 6.35. The summed E-state index contributed by atoms with van der Waals surface area (Å²) in [4.78, 5) is 9.00. The molecule has 0 unspecified atom stereocenters. The highest BCUT2D eigenvalue weighted by atomic mass is 35.5. The van der Waals surface area contributed by atoms with Gasteiger partial charge in [0.2, 0.25) is 0 Å². The molecule has 0 amide bonds. The molecule has 0 saturated carbocycles. The van der Waals surface area contributed by atoms with Gasteiger partial charge in [0.05, 0.1) is 22.4 Å². The number of pyridine rings is 2. The van der Waals surface area contributed by atoms with Crippen molar-refractivity contribution in [2.45, 2.75) is 39.7 Å². The van der Waals surface area contributed by atoms with E-state index in [4.69, 9.17) is 22.1 Å². The number of aromatic nitrogens is 2. The van der Waals surface area contributed by atoms with Crippen molar-refractivity contribution >= 4 is 22.5 Å². The second-order valence-corrected chi connectivity index (χ2v) is 8.28. The normalized spacial score (nSPS) is 13.7. The molecule has 0 aliphatic heterocycles. The summed E-state index contributed by atoms with van der Waals surface area (Å²) in [5.74, 6) is 1.28. The average molecular weight is 384 g/mol. The molecule has 4 nitrogen and oxygen atoms in total. The minimum atomic E-state index is -0.364. The van der Waals surface area contributed by atoms with Crippen LogP contribution in [0.25, 0.3) is 22.2 Å². The standard InChI is InChI=1S/C22H26ClN3O/c1-14(2)11-22(4,24)13-27-20-12-26-19(10-15(20)3)16-8-9-25-21-17(16)6-5-7-18(21)23/h5-10,12,14H,11,13,24H2,1-4H3/t22-/m0/s1. The third kappa shape index (κ3) is 4.57. The Morgan fingerprint density at radius 1 is 1.22 bits per heavy atom. The van der Waals surface area contributed by atoms with Crippen LogP contribution >= 0.6 is 11.6 Å². The van der Waals surface area contributed by atoms with Crippen molar-refractivity contribution in [1.82, 2.24) is 9.97 Å². The molecule has 5 heteroatoms. The number of benzene rings is 1. The van der Waals surface area contributed by atoms with Gasteiger partial charge in [-0.3, -0.25) is 9.97 Å². The highest BCUT2D eigenvalue weighted by Crippen LogP contribution is 2.31. The van der Waals surface area contributed by atoms with Crippen molar-refractivity contribution in [3.05, 3.63) is 53.3 Å². The van der Waals surface area contributed by atoms with E-state index in [0.717, 1.165) is 39.9 Å². The number of rotatable bonds is 6. The lowest BCUT2D eigenvalue weighted by molar-refractivity contribution is 0.205. The number of aryl methyl sites for hydroxylation is 1. The van der Waals surface area contributed by atoms with E-state index < -0.39 is 0 Å². The van der Waals surface area contributed by atoms with Gasteiger partial charge < -0.3 is 10.5 Å². The topological polar surface area (TPSA) is 61.0 Å². The summed E-state index contributed by atoms with van der Waals surface area (Å²) in [5, 5.41) is 1.62. The molecule has 0 saturated heterocycles. The molecular formula is C22H26ClN3O. The smallest absolute Gasteiger partial charge is 0.140 e. The number of hydrogen-bond acceptors (Lipinski definition) is 4. The number of ether oxygens (including phenoxy) is 1. The molecule has 0 aliphatic rings. The molecule has 0 radical (unpaired) electrons. The van der Waals surface area contributed by atoms with E-state index in [0.29, 0.717) is 17.5 Å². The lowest BCUT2D eigenvalue weighted by atomic mass is 9.93. The maximum Gasteiger partial charge on any atom is 0.140 e. The van der Waals surface area contributed by atoms with Gasteiger partial charge in [-0.2, -0.15) is 0 Å². The van der Waals surface area contributed by atoms with Crippen molar-refractivity contribution in [2.75, 3.05) is 6.61 Å². The van der Waals surface area contributed by atoms with Gasteiger partial charge in [0, 0.05) is 22.7 Å². The number of hydrogen-bond donors (Lipinski definition) is 1. The number of fused-ring (bicyclic) bond motifs is 1. The Bertz CT molecular complexity index is 953. The average Bonchev–Trinajstić information content (AvgIpc) is 2.59.